The molecule has 0 saturated carbocycles. The molecule has 1 aromatic carbocycles. The van der Waals surface area contributed by atoms with Crippen molar-refractivity contribution >= 4 is 21.7 Å². The summed E-state index contributed by atoms with van der Waals surface area (Å²) in [5.74, 6) is -1.20. The Morgan fingerprint density at radius 1 is 1.50 bits per heavy atom. The van der Waals surface area contributed by atoms with Gasteiger partial charge >= 0.3 is 5.97 Å². The Morgan fingerprint density at radius 2 is 2.12 bits per heavy atom. The van der Waals surface area contributed by atoms with Gasteiger partial charge in [-0.25, -0.2) is 18.4 Å². The number of rotatable bonds is 4. The van der Waals surface area contributed by atoms with Crippen LogP contribution in [0.15, 0.2) is 23.1 Å². The molecule has 0 atom stereocenters. The van der Waals surface area contributed by atoms with E-state index in [9.17, 15) is 13.2 Å². The van der Waals surface area contributed by atoms with Crippen LogP contribution in [0.4, 0.5) is 5.69 Å². The number of carbonyl (C=O) groups is 1. The molecule has 1 rings (SSSR count). The second-order valence-electron chi connectivity index (χ2n) is 3.09. The normalized spacial score (nSPS) is 11.1. The molecule has 0 aliphatic carbocycles. The Bertz CT molecular complexity index is 510. The van der Waals surface area contributed by atoms with Gasteiger partial charge in [0.15, 0.2) is 0 Å². The van der Waals surface area contributed by atoms with E-state index in [-0.39, 0.29) is 10.5 Å². The van der Waals surface area contributed by atoms with E-state index in [1.807, 2.05) is 0 Å². The van der Waals surface area contributed by atoms with Crippen molar-refractivity contribution in [1.82, 2.24) is 0 Å². The first kappa shape index (κ1) is 12.5. The average molecular weight is 244 g/mol. The molecule has 0 bridgehead atoms. The highest BCUT2D eigenvalue weighted by Crippen LogP contribution is 2.21. The average Bonchev–Trinajstić information content (AvgIpc) is 2.16. The molecule has 0 amide bonds. The fourth-order valence-corrected chi connectivity index (χ4v) is 1.97. The Labute approximate surface area is 93.1 Å². The van der Waals surface area contributed by atoms with Crippen molar-refractivity contribution in [3.8, 4) is 0 Å². The van der Waals surface area contributed by atoms with Crippen molar-refractivity contribution in [2.45, 2.75) is 11.8 Å². The van der Waals surface area contributed by atoms with Gasteiger partial charge in [0.2, 0.25) is 10.0 Å². The minimum absolute atomic E-state index is 0.120. The van der Waals surface area contributed by atoms with E-state index >= 15 is 0 Å². The lowest BCUT2D eigenvalue weighted by molar-refractivity contribution is 0.0696. The standard InChI is InChI=1S/C9H12N2O4S/c1-2-11-7-4-3-6(9(12)13)5-8(7)16(10,14)15/h3-5,11H,2H2,1H3,(H,12,13)(H2,10,14,15). The highest BCUT2D eigenvalue weighted by molar-refractivity contribution is 7.89. The maximum absolute atomic E-state index is 11.2. The molecular weight excluding hydrogens is 232 g/mol. The van der Waals surface area contributed by atoms with Gasteiger partial charge in [-0.15, -0.1) is 0 Å². The van der Waals surface area contributed by atoms with Crippen molar-refractivity contribution in [3.63, 3.8) is 0 Å². The summed E-state index contributed by atoms with van der Waals surface area (Å²) >= 11 is 0. The van der Waals surface area contributed by atoms with Gasteiger partial charge in [0, 0.05) is 6.54 Å². The van der Waals surface area contributed by atoms with Crippen LogP contribution in [0.3, 0.4) is 0 Å². The molecule has 0 heterocycles. The first-order valence-electron chi connectivity index (χ1n) is 4.50. The van der Waals surface area contributed by atoms with Gasteiger partial charge in [0.1, 0.15) is 4.90 Å². The maximum Gasteiger partial charge on any atom is 0.335 e. The van der Waals surface area contributed by atoms with Crippen LogP contribution in [0.25, 0.3) is 0 Å². The third-order valence-electron chi connectivity index (χ3n) is 1.90. The SMILES string of the molecule is CCNc1ccc(C(=O)O)cc1S(N)(=O)=O. The van der Waals surface area contributed by atoms with Crippen molar-refractivity contribution in [2.24, 2.45) is 5.14 Å². The zero-order chi connectivity index (χ0) is 12.3. The van der Waals surface area contributed by atoms with E-state index in [0.29, 0.717) is 12.2 Å². The summed E-state index contributed by atoms with van der Waals surface area (Å²) in [7, 11) is -3.94. The summed E-state index contributed by atoms with van der Waals surface area (Å²) in [5.41, 5.74) is 0.181. The van der Waals surface area contributed by atoms with Gasteiger partial charge in [-0.1, -0.05) is 0 Å². The van der Waals surface area contributed by atoms with Crippen molar-refractivity contribution < 1.29 is 18.3 Å². The molecule has 0 fully saturated rings. The molecular formula is C9H12N2O4S. The lowest BCUT2D eigenvalue weighted by Crippen LogP contribution is -2.16. The van der Waals surface area contributed by atoms with Crippen molar-refractivity contribution in [1.29, 1.82) is 0 Å². The highest BCUT2D eigenvalue weighted by atomic mass is 32.2. The Kier molecular flexibility index (Phi) is 3.51. The molecule has 0 aliphatic rings. The summed E-state index contributed by atoms with van der Waals surface area (Å²) in [6.07, 6.45) is 0. The van der Waals surface area contributed by atoms with Crippen LogP contribution in [0.5, 0.6) is 0 Å². The van der Waals surface area contributed by atoms with Gasteiger partial charge in [0.05, 0.1) is 11.3 Å². The number of anilines is 1. The summed E-state index contributed by atoms with van der Waals surface area (Å²) in [6, 6.07) is 3.73. The topological polar surface area (TPSA) is 109 Å². The third kappa shape index (κ3) is 2.71. The van der Waals surface area contributed by atoms with E-state index in [1.54, 1.807) is 6.92 Å². The number of aromatic carboxylic acids is 1. The minimum Gasteiger partial charge on any atom is -0.478 e. The molecule has 0 saturated heterocycles. The lowest BCUT2D eigenvalue weighted by Gasteiger charge is -2.09. The summed E-state index contributed by atoms with van der Waals surface area (Å²) in [4.78, 5) is 10.5. The maximum atomic E-state index is 11.2. The van der Waals surface area contributed by atoms with Gasteiger partial charge in [0.25, 0.3) is 0 Å². The molecule has 1 aromatic rings. The first-order chi connectivity index (χ1) is 7.36. The number of nitrogens with two attached hydrogens (primary N) is 1. The minimum atomic E-state index is -3.94. The molecule has 88 valence electrons. The Balaban J connectivity index is 3.39. The molecule has 7 heteroatoms. The number of primary sulfonamides is 1. The Morgan fingerprint density at radius 3 is 2.56 bits per heavy atom. The third-order valence-corrected chi connectivity index (χ3v) is 2.85. The van der Waals surface area contributed by atoms with Gasteiger partial charge in [-0.2, -0.15) is 0 Å². The number of hydrogen-bond acceptors (Lipinski definition) is 4. The molecule has 6 nitrogen and oxygen atoms in total. The Hall–Kier alpha value is -1.60. The molecule has 0 radical (unpaired) electrons. The monoisotopic (exact) mass is 244 g/mol. The van der Waals surface area contributed by atoms with Crippen LogP contribution >= 0.6 is 0 Å². The number of benzene rings is 1. The van der Waals surface area contributed by atoms with Crippen LogP contribution < -0.4 is 10.5 Å². The lowest BCUT2D eigenvalue weighted by atomic mass is 10.2. The number of sulfonamides is 1. The number of nitrogens with one attached hydrogen (secondary N) is 1. The second kappa shape index (κ2) is 4.50. The van der Waals surface area contributed by atoms with E-state index in [4.69, 9.17) is 10.2 Å². The van der Waals surface area contributed by atoms with E-state index in [0.717, 1.165) is 6.07 Å². The highest BCUT2D eigenvalue weighted by Gasteiger charge is 2.16. The summed E-state index contributed by atoms with van der Waals surface area (Å²) in [6.45, 7) is 2.30. The molecule has 0 spiro atoms. The van der Waals surface area contributed by atoms with E-state index in [1.165, 1.54) is 12.1 Å². The van der Waals surface area contributed by atoms with Crippen LogP contribution in [-0.2, 0) is 10.0 Å². The van der Waals surface area contributed by atoms with Crippen LogP contribution in [0.1, 0.15) is 17.3 Å². The molecule has 0 unspecified atom stereocenters. The van der Waals surface area contributed by atoms with Gasteiger partial charge < -0.3 is 10.4 Å². The van der Waals surface area contributed by atoms with Crippen LogP contribution in [-0.4, -0.2) is 26.0 Å². The predicted octanol–water partition coefficient (Wildman–Crippen LogP) is 0.464. The van der Waals surface area contributed by atoms with Crippen LogP contribution in [0.2, 0.25) is 0 Å². The number of carboxylic acids is 1. The summed E-state index contributed by atoms with van der Waals surface area (Å²) in [5, 5.41) is 16.5. The second-order valence-corrected chi connectivity index (χ2v) is 4.62. The summed E-state index contributed by atoms with van der Waals surface area (Å²) < 4.78 is 22.5. The predicted molar refractivity (Wildman–Crippen MR) is 58.9 cm³/mol. The molecule has 0 aliphatic heterocycles. The largest absolute Gasteiger partial charge is 0.478 e. The van der Waals surface area contributed by atoms with Crippen molar-refractivity contribution in [3.05, 3.63) is 23.8 Å². The quantitative estimate of drug-likeness (QED) is 0.713. The molecule has 16 heavy (non-hydrogen) atoms. The number of hydrogen-bond donors (Lipinski definition) is 3. The molecule has 4 N–H and O–H groups in total. The van der Waals surface area contributed by atoms with Crippen LogP contribution in [0, 0.1) is 0 Å². The van der Waals surface area contributed by atoms with E-state index in [2.05, 4.69) is 5.32 Å². The van der Waals surface area contributed by atoms with E-state index < -0.39 is 16.0 Å². The number of carboxylic acid groups (broad SMARTS) is 1. The molecule has 0 aromatic heterocycles. The fourth-order valence-electron chi connectivity index (χ4n) is 1.23. The fraction of sp³-hybridized carbons (Fsp3) is 0.222. The van der Waals surface area contributed by atoms with Gasteiger partial charge in [-0.05, 0) is 25.1 Å². The van der Waals surface area contributed by atoms with Gasteiger partial charge in [-0.3, -0.25) is 0 Å². The first-order valence-corrected chi connectivity index (χ1v) is 6.05. The zero-order valence-electron chi connectivity index (χ0n) is 8.60. The smallest absolute Gasteiger partial charge is 0.335 e. The zero-order valence-corrected chi connectivity index (χ0v) is 9.41. The van der Waals surface area contributed by atoms with Crippen molar-refractivity contribution in [2.75, 3.05) is 11.9 Å².